The predicted molar refractivity (Wildman–Crippen MR) is 62.6 cm³/mol. The lowest BCUT2D eigenvalue weighted by atomic mass is 10.3. The molecule has 1 aliphatic rings. The molecule has 1 fully saturated rings. The number of hydrogen-bond acceptors (Lipinski definition) is 5. The number of oxazole rings is 1. The lowest BCUT2D eigenvalue weighted by Crippen LogP contribution is -2.11. The van der Waals surface area contributed by atoms with Crippen molar-refractivity contribution < 1.29 is 9.15 Å². The first-order chi connectivity index (χ1) is 8.36. The van der Waals surface area contributed by atoms with E-state index in [2.05, 4.69) is 9.97 Å². The smallest absolute Gasteiger partial charge is 0.250 e. The Kier molecular flexibility index (Phi) is 2.68. The first kappa shape index (κ1) is 10.5. The summed E-state index contributed by atoms with van der Waals surface area (Å²) >= 11 is 0. The first-order valence-corrected chi connectivity index (χ1v) is 5.98. The van der Waals surface area contributed by atoms with Crippen LogP contribution in [0.1, 0.15) is 31.6 Å². The van der Waals surface area contributed by atoms with E-state index in [0.717, 1.165) is 18.6 Å². The maximum absolute atomic E-state index is 5.94. The molecule has 2 aromatic heterocycles. The molecule has 2 aromatic rings. The molecule has 0 saturated heterocycles. The zero-order valence-electron chi connectivity index (χ0n) is 9.56. The van der Waals surface area contributed by atoms with Gasteiger partial charge in [-0.3, -0.25) is 0 Å². The highest BCUT2D eigenvalue weighted by molar-refractivity contribution is 5.75. The molecule has 0 unspecified atom stereocenters. The van der Waals surface area contributed by atoms with Crippen LogP contribution in [0.15, 0.2) is 16.7 Å². The summed E-state index contributed by atoms with van der Waals surface area (Å²) < 4.78 is 11.3. The van der Waals surface area contributed by atoms with Crippen molar-refractivity contribution in [3.8, 4) is 5.75 Å². The van der Waals surface area contributed by atoms with Crippen molar-refractivity contribution in [1.29, 1.82) is 0 Å². The molecule has 5 nitrogen and oxygen atoms in total. The summed E-state index contributed by atoms with van der Waals surface area (Å²) in [6.07, 6.45) is 6.70. The Morgan fingerprint density at radius 1 is 1.41 bits per heavy atom. The Bertz CT molecular complexity index is 517. The van der Waals surface area contributed by atoms with E-state index in [4.69, 9.17) is 14.9 Å². The van der Waals surface area contributed by atoms with E-state index in [1.54, 1.807) is 6.20 Å². The lowest BCUT2D eigenvalue weighted by Gasteiger charge is -2.12. The minimum atomic E-state index is 0.277. The molecule has 3 rings (SSSR count). The minimum Gasteiger partial charge on any atom is -0.488 e. The van der Waals surface area contributed by atoms with E-state index in [-0.39, 0.29) is 6.54 Å². The summed E-state index contributed by atoms with van der Waals surface area (Å²) in [6.45, 7) is 0.277. The van der Waals surface area contributed by atoms with Gasteiger partial charge < -0.3 is 14.9 Å². The van der Waals surface area contributed by atoms with Crippen LogP contribution in [0.4, 0.5) is 0 Å². The largest absolute Gasteiger partial charge is 0.488 e. The third kappa shape index (κ3) is 1.98. The second-order valence-corrected chi connectivity index (χ2v) is 4.30. The molecular weight excluding hydrogens is 218 g/mol. The van der Waals surface area contributed by atoms with Crippen molar-refractivity contribution in [2.24, 2.45) is 5.73 Å². The van der Waals surface area contributed by atoms with Crippen molar-refractivity contribution in [1.82, 2.24) is 9.97 Å². The van der Waals surface area contributed by atoms with Crippen LogP contribution in [0.3, 0.4) is 0 Å². The topological polar surface area (TPSA) is 74.2 Å². The van der Waals surface area contributed by atoms with E-state index in [1.165, 1.54) is 12.8 Å². The van der Waals surface area contributed by atoms with Crippen LogP contribution < -0.4 is 10.5 Å². The van der Waals surface area contributed by atoms with Crippen molar-refractivity contribution in [2.45, 2.75) is 38.3 Å². The van der Waals surface area contributed by atoms with Gasteiger partial charge in [0.25, 0.3) is 5.71 Å². The predicted octanol–water partition coefficient (Wildman–Crippen LogP) is 2.00. The number of nitrogens with zero attached hydrogens (tertiary/aromatic N) is 2. The molecule has 90 valence electrons. The van der Waals surface area contributed by atoms with Gasteiger partial charge in [-0.2, -0.15) is 0 Å². The van der Waals surface area contributed by atoms with Crippen LogP contribution in [0.25, 0.3) is 11.2 Å². The van der Waals surface area contributed by atoms with Gasteiger partial charge in [-0.15, -0.1) is 0 Å². The van der Waals surface area contributed by atoms with Crippen molar-refractivity contribution in [3.63, 3.8) is 0 Å². The summed E-state index contributed by atoms with van der Waals surface area (Å²) in [5.41, 5.74) is 6.68. The second-order valence-electron chi connectivity index (χ2n) is 4.30. The third-order valence-corrected chi connectivity index (χ3v) is 3.08. The van der Waals surface area contributed by atoms with Crippen molar-refractivity contribution >= 4 is 11.2 Å². The zero-order chi connectivity index (χ0) is 11.7. The lowest BCUT2D eigenvalue weighted by molar-refractivity contribution is 0.212. The van der Waals surface area contributed by atoms with Crippen LogP contribution >= 0.6 is 0 Å². The molecule has 0 radical (unpaired) electrons. The number of ether oxygens (including phenoxy) is 1. The van der Waals surface area contributed by atoms with Gasteiger partial charge in [0, 0.05) is 12.3 Å². The zero-order valence-corrected chi connectivity index (χ0v) is 9.56. The number of aromatic nitrogens is 2. The van der Waals surface area contributed by atoms with Crippen LogP contribution in [-0.2, 0) is 6.54 Å². The molecule has 5 heteroatoms. The van der Waals surface area contributed by atoms with E-state index in [0.29, 0.717) is 23.2 Å². The second kappa shape index (κ2) is 4.33. The Morgan fingerprint density at radius 2 is 2.24 bits per heavy atom. The molecule has 0 atom stereocenters. The normalized spacial score (nSPS) is 16.8. The standard InChI is InChI=1S/C12H15N3O2/c13-7-10-15-11-9(5-6-14-12(11)17-10)16-8-3-1-2-4-8/h5-6,8H,1-4,7,13H2. The van der Waals surface area contributed by atoms with Gasteiger partial charge in [0.15, 0.2) is 11.3 Å². The van der Waals surface area contributed by atoms with Crippen LogP contribution in [0, 0.1) is 0 Å². The Hall–Kier alpha value is -1.62. The quantitative estimate of drug-likeness (QED) is 0.877. The molecule has 1 aliphatic carbocycles. The van der Waals surface area contributed by atoms with Crippen molar-refractivity contribution in [2.75, 3.05) is 0 Å². The summed E-state index contributed by atoms with van der Waals surface area (Å²) in [6, 6.07) is 1.84. The van der Waals surface area contributed by atoms with E-state index >= 15 is 0 Å². The van der Waals surface area contributed by atoms with Crippen LogP contribution in [0.2, 0.25) is 0 Å². The van der Waals surface area contributed by atoms with Gasteiger partial charge in [-0.1, -0.05) is 0 Å². The van der Waals surface area contributed by atoms with Gasteiger partial charge in [0.05, 0.1) is 12.6 Å². The van der Waals surface area contributed by atoms with Gasteiger partial charge in [0.1, 0.15) is 0 Å². The minimum absolute atomic E-state index is 0.277. The number of pyridine rings is 1. The number of hydrogen-bond donors (Lipinski definition) is 1. The van der Waals surface area contributed by atoms with Crippen LogP contribution in [-0.4, -0.2) is 16.1 Å². The number of rotatable bonds is 3. The average molecular weight is 233 g/mol. The fraction of sp³-hybridized carbons (Fsp3) is 0.500. The Morgan fingerprint density at radius 3 is 3.00 bits per heavy atom. The average Bonchev–Trinajstić information content (AvgIpc) is 2.97. The highest BCUT2D eigenvalue weighted by Gasteiger charge is 2.19. The molecule has 17 heavy (non-hydrogen) atoms. The molecule has 0 aliphatic heterocycles. The highest BCUT2D eigenvalue weighted by atomic mass is 16.5. The third-order valence-electron chi connectivity index (χ3n) is 3.08. The highest BCUT2D eigenvalue weighted by Crippen LogP contribution is 2.28. The summed E-state index contributed by atoms with van der Waals surface area (Å²) in [7, 11) is 0. The van der Waals surface area contributed by atoms with E-state index in [9.17, 15) is 0 Å². The van der Waals surface area contributed by atoms with Gasteiger partial charge in [0.2, 0.25) is 5.89 Å². The monoisotopic (exact) mass is 233 g/mol. The Labute approximate surface area is 99.0 Å². The van der Waals surface area contributed by atoms with E-state index in [1.807, 2.05) is 6.07 Å². The van der Waals surface area contributed by atoms with Gasteiger partial charge in [-0.05, 0) is 25.7 Å². The Balaban J connectivity index is 1.94. The first-order valence-electron chi connectivity index (χ1n) is 5.98. The van der Waals surface area contributed by atoms with Crippen LogP contribution in [0.5, 0.6) is 5.75 Å². The fourth-order valence-electron chi connectivity index (χ4n) is 2.22. The van der Waals surface area contributed by atoms with Gasteiger partial charge in [-0.25, -0.2) is 9.97 Å². The number of fused-ring (bicyclic) bond motifs is 1. The maximum atomic E-state index is 5.94. The number of nitrogens with two attached hydrogens (primary N) is 1. The molecule has 0 amide bonds. The van der Waals surface area contributed by atoms with Crippen molar-refractivity contribution in [3.05, 3.63) is 18.2 Å². The molecule has 0 spiro atoms. The molecule has 1 saturated carbocycles. The SMILES string of the molecule is NCc1nc2c(OC3CCCC3)ccnc2o1. The summed E-state index contributed by atoms with van der Waals surface area (Å²) in [4.78, 5) is 8.41. The molecule has 2 N–H and O–H groups in total. The fourth-order valence-corrected chi connectivity index (χ4v) is 2.22. The van der Waals surface area contributed by atoms with Gasteiger partial charge >= 0.3 is 0 Å². The maximum Gasteiger partial charge on any atom is 0.250 e. The van der Waals surface area contributed by atoms with E-state index < -0.39 is 0 Å². The summed E-state index contributed by atoms with van der Waals surface area (Å²) in [5.74, 6) is 1.25. The molecule has 2 heterocycles. The summed E-state index contributed by atoms with van der Waals surface area (Å²) in [5, 5.41) is 0. The molecule has 0 bridgehead atoms. The molecule has 0 aromatic carbocycles. The molecular formula is C12H15N3O2.